The van der Waals surface area contributed by atoms with Crippen molar-refractivity contribution < 1.29 is 49.0 Å². The Morgan fingerprint density at radius 2 is 0.922 bits per heavy atom. The molecule has 332 valence electrons. The van der Waals surface area contributed by atoms with E-state index in [0.717, 1.165) is 27.6 Å². The normalized spacial score (nSPS) is 12.0. The van der Waals surface area contributed by atoms with Crippen LogP contribution >= 0.6 is 23.2 Å². The van der Waals surface area contributed by atoms with Crippen molar-refractivity contribution in [1.82, 2.24) is 0 Å². The Hall–Kier alpha value is -3.42. The number of benzene rings is 6. The van der Waals surface area contributed by atoms with Crippen molar-refractivity contribution in [2.75, 3.05) is 0 Å². The third-order valence-corrected chi connectivity index (χ3v) is 13.4. The Morgan fingerprint density at radius 1 is 0.469 bits per heavy atom. The van der Waals surface area contributed by atoms with E-state index in [1.807, 2.05) is 66.7 Å². The molecule has 0 unspecified atom stereocenters. The Bertz CT molecular complexity index is 2490. The van der Waals surface area contributed by atoms with E-state index in [9.17, 15) is 0 Å². The standard InChI is InChI=1S/C41H49.C13H8Cl2.C5H5.2ClH.Zr/c1-38(2,3)34-19-15-13-17-28(34)32-22-26-21-27-23-33(29-18-14-16-20-35(29)39(4,5)6)37(41(10,11)12)25-31(27)30(26)24-36(32)40(7,8)9;14-12-5-1-3-10(8-12)7-11-4-2-6-13(15)9-11;1-2-4-5-3-1;;;/h13-20,22,24-25H,21H2,1-12H3;1-6,8-9H;1-5H;2*1H;/q-1;;-1;;;+2/p-2. The van der Waals surface area contributed by atoms with Gasteiger partial charge in [0, 0.05) is 0 Å². The molecule has 0 saturated heterocycles. The van der Waals surface area contributed by atoms with Gasteiger partial charge in [-0.05, 0) is 55.9 Å². The third kappa shape index (κ3) is 12.7. The van der Waals surface area contributed by atoms with Crippen LogP contribution in [0.3, 0.4) is 0 Å². The van der Waals surface area contributed by atoms with Crippen LogP contribution in [-0.4, -0.2) is 3.21 Å². The first-order chi connectivity index (χ1) is 29.0. The first-order valence-corrected chi connectivity index (χ1v) is 23.8. The van der Waals surface area contributed by atoms with Crippen LogP contribution in [0.25, 0.3) is 33.4 Å². The summed E-state index contributed by atoms with van der Waals surface area (Å²) in [6.45, 7) is 28.0. The summed E-state index contributed by atoms with van der Waals surface area (Å²) < 4.78 is 1.26. The molecule has 64 heavy (non-hydrogen) atoms. The average molecular weight is 1000 g/mol. The smallest absolute Gasteiger partial charge is 0.172 e. The maximum atomic E-state index is 5.98. The van der Waals surface area contributed by atoms with E-state index in [1.165, 1.54) is 94.2 Å². The van der Waals surface area contributed by atoms with Gasteiger partial charge >= 0.3 is 120 Å². The molecule has 0 amide bonds. The molecule has 0 N–H and O–H groups in total. The van der Waals surface area contributed by atoms with Crippen LogP contribution in [0.15, 0.2) is 146 Å². The van der Waals surface area contributed by atoms with Crippen molar-refractivity contribution in [2.24, 2.45) is 0 Å². The first kappa shape index (κ1) is 53.2. The summed E-state index contributed by atoms with van der Waals surface area (Å²) in [6.07, 6.45) is 0.925. The van der Waals surface area contributed by atoms with Crippen LogP contribution in [0.1, 0.15) is 128 Å². The predicted molar refractivity (Wildman–Crippen MR) is 267 cm³/mol. The molecule has 0 nitrogen and oxygen atoms in total. The molecule has 1 aliphatic rings. The fourth-order valence-corrected chi connectivity index (χ4v) is 9.50. The molecule has 0 spiro atoms. The van der Waals surface area contributed by atoms with Crippen LogP contribution in [-0.2, 0) is 52.3 Å². The molecule has 7 aromatic carbocycles. The van der Waals surface area contributed by atoms with Gasteiger partial charge in [0.2, 0.25) is 0 Å². The molecule has 0 heterocycles. The largest absolute Gasteiger partial charge is 1.00 e. The minimum absolute atomic E-state index is 0. The van der Waals surface area contributed by atoms with E-state index in [-0.39, 0.29) is 46.5 Å². The number of hydrogen-bond donors (Lipinski definition) is 0. The van der Waals surface area contributed by atoms with Crippen molar-refractivity contribution in [3.8, 4) is 33.4 Å². The molecule has 5 heteroatoms. The maximum absolute atomic E-state index is 5.98. The fourth-order valence-electron chi connectivity index (χ4n) is 8.35. The SMILES string of the molecule is CC(C)(C)c1cc2c([c-]c1-c1ccccc1C(C)(C)C)Cc1cc(-c3ccccc3C(C)(C)C)c(C(C)(C)C)cc1-2.Clc1cccc([C](=[Zr+2])c2cccc(Cl)c2)c1.[Cl-].[Cl-].c1cc[cH-]c1. The summed E-state index contributed by atoms with van der Waals surface area (Å²) >= 11 is 13.3. The van der Waals surface area contributed by atoms with Gasteiger partial charge in [0.15, 0.2) is 0 Å². The number of hydrogen-bond acceptors (Lipinski definition) is 0. The number of rotatable bonds is 4. The van der Waals surface area contributed by atoms with Crippen molar-refractivity contribution >= 4 is 26.4 Å². The van der Waals surface area contributed by atoms with Gasteiger partial charge in [0.05, 0.1) is 0 Å². The van der Waals surface area contributed by atoms with Crippen molar-refractivity contribution in [1.29, 1.82) is 0 Å². The van der Waals surface area contributed by atoms with E-state index in [1.54, 1.807) is 0 Å². The number of fused-ring (bicyclic) bond motifs is 3. The molecule has 0 atom stereocenters. The zero-order valence-electron chi connectivity index (χ0n) is 39.6. The van der Waals surface area contributed by atoms with E-state index < -0.39 is 0 Å². The fraction of sp³-hybridized carbons (Fsp3) is 0.288. The molecule has 0 fully saturated rings. The molecule has 7 aromatic rings. The quantitative estimate of drug-likeness (QED) is 0.154. The molecule has 8 rings (SSSR count). The number of halogens is 4. The van der Waals surface area contributed by atoms with Gasteiger partial charge in [0.1, 0.15) is 0 Å². The first-order valence-electron chi connectivity index (χ1n) is 21.8. The molecule has 1 aliphatic carbocycles. The van der Waals surface area contributed by atoms with E-state index >= 15 is 0 Å². The van der Waals surface area contributed by atoms with Crippen molar-refractivity contribution in [3.05, 3.63) is 206 Å². The summed E-state index contributed by atoms with van der Waals surface area (Å²) in [7, 11) is 0. The van der Waals surface area contributed by atoms with Crippen LogP contribution < -0.4 is 24.8 Å². The zero-order valence-corrected chi connectivity index (χ0v) is 45.1. The Labute approximate surface area is 422 Å². The van der Waals surface area contributed by atoms with Gasteiger partial charge in [-0.15, -0.1) is 28.8 Å². The van der Waals surface area contributed by atoms with E-state index in [4.69, 9.17) is 23.2 Å². The van der Waals surface area contributed by atoms with Crippen LogP contribution in [0.2, 0.25) is 10.0 Å². The molecule has 0 bridgehead atoms. The second-order valence-electron chi connectivity index (χ2n) is 20.6. The van der Waals surface area contributed by atoms with Gasteiger partial charge < -0.3 is 24.8 Å². The summed E-state index contributed by atoms with van der Waals surface area (Å²) in [5, 5.41) is 1.53. The molecule has 0 aromatic heterocycles. The monoisotopic (exact) mass is 1000 g/mol. The van der Waals surface area contributed by atoms with Crippen molar-refractivity contribution in [3.63, 3.8) is 0 Å². The zero-order chi connectivity index (χ0) is 45.2. The van der Waals surface area contributed by atoms with Crippen LogP contribution in [0.5, 0.6) is 0 Å². The second kappa shape index (κ2) is 21.5. The molecular weight excluding hydrogens is 942 g/mol. The van der Waals surface area contributed by atoms with Crippen molar-refractivity contribution in [2.45, 2.75) is 111 Å². The van der Waals surface area contributed by atoms with Gasteiger partial charge in [-0.2, -0.15) is 18.2 Å². The molecule has 0 saturated carbocycles. The summed E-state index contributed by atoms with van der Waals surface area (Å²) in [5.74, 6) is 0. The topological polar surface area (TPSA) is 0 Å². The van der Waals surface area contributed by atoms with Gasteiger partial charge in [-0.3, -0.25) is 0 Å². The summed E-state index contributed by atoms with van der Waals surface area (Å²) in [5.41, 5.74) is 18.9. The summed E-state index contributed by atoms with van der Waals surface area (Å²) in [6, 6.07) is 55.3. The minimum atomic E-state index is -0.00689. The minimum Gasteiger partial charge on any atom is -1.00 e. The van der Waals surface area contributed by atoms with Crippen LogP contribution in [0, 0.1) is 6.07 Å². The molecule has 0 radical (unpaired) electrons. The summed E-state index contributed by atoms with van der Waals surface area (Å²) in [4.78, 5) is 0. The molecular formula is C59H62Cl4Zr-2. The Balaban J connectivity index is 0.000000321. The van der Waals surface area contributed by atoms with Gasteiger partial charge in [-0.1, -0.05) is 166 Å². The van der Waals surface area contributed by atoms with Crippen LogP contribution in [0.4, 0.5) is 0 Å². The van der Waals surface area contributed by atoms with Gasteiger partial charge in [0.25, 0.3) is 0 Å². The van der Waals surface area contributed by atoms with Gasteiger partial charge in [-0.25, -0.2) is 12.1 Å². The van der Waals surface area contributed by atoms with E-state index in [0.29, 0.717) is 0 Å². The second-order valence-corrected chi connectivity index (χ2v) is 22.7. The molecule has 0 aliphatic heterocycles. The average Bonchev–Trinajstić information content (AvgIpc) is 3.91. The Kier molecular flexibility index (Phi) is 17.9. The predicted octanol–water partition coefficient (Wildman–Crippen LogP) is 11.1. The third-order valence-electron chi connectivity index (χ3n) is 11.5. The Morgan fingerprint density at radius 3 is 1.38 bits per heavy atom. The maximum Gasteiger partial charge on any atom is -0.172 e. The van der Waals surface area contributed by atoms with E-state index in [2.05, 4.69) is 168 Å².